The Hall–Kier alpha value is -3.16. The summed E-state index contributed by atoms with van der Waals surface area (Å²) in [5, 5.41) is 12.8. The average Bonchev–Trinajstić information content (AvgIpc) is 2.82. The van der Waals surface area contributed by atoms with Gasteiger partial charge in [-0.25, -0.2) is 4.79 Å². The van der Waals surface area contributed by atoms with Crippen molar-refractivity contribution in [2.75, 3.05) is 0 Å². The number of aromatic nitrogens is 4. The Kier molecular flexibility index (Phi) is 2.72. The molecule has 3 aromatic rings. The van der Waals surface area contributed by atoms with E-state index in [-0.39, 0.29) is 5.69 Å². The molecule has 0 bridgehead atoms. The number of fused-ring (bicyclic) bond motifs is 1. The zero-order valence-corrected chi connectivity index (χ0v) is 10.9. The first kappa shape index (κ1) is 12.9. The van der Waals surface area contributed by atoms with Crippen molar-refractivity contribution >= 4 is 17.0 Å². The summed E-state index contributed by atoms with van der Waals surface area (Å²) in [5.74, 6) is -1.12. The molecule has 0 amide bonds. The molecule has 3 N–H and O–H groups in total. The fourth-order valence-corrected chi connectivity index (χ4v) is 2.12. The number of nitrogens with one attached hydrogen (secondary N) is 2. The predicted molar refractivity (Wildman–Crippen MR) is 74.4 cm³/mol. The maximum absolute atomic E-state index is 11.3. The lowest BCUT2D eigenvalue weighted by Gasteiger charge is -2.03. The predicted octanol–water partition coefficient (Wildman–Crippen LogP) is 0.315. The monoisotopic (exact) mass is 286 g/mol. The molecule has 0 unspecified atom stereocenters. The SMILES string of the molecule is Cn1nc(C(=O)O)cc1-c1ccc2[nH]c(=O)c(=O)[nH]c2c1. The topological polar surface area (TPSA) is 121 Å². The minimum atomic E-state index is -1.12. The normalized spacial score (nSPS) is 10.9. The number of hydrogen-bond acceptors (Lipinski definition) is 4. The second-order valence-corrected chi connectivity index (χ2v) is 4.51. The average molecular weight is 286 g/mol. The van der Waals surface area contributed by atoms with Gasteiger partial charge >= 0.3 is 17.1 Å². The first-order chi connectivity index (χ1) is 9.95. The van der Waals surface area contributed by atoms with Gasteiger partial charge in [-0.05, 0) is 18.2 Å². The van der Waals surface area contributed by atoms with Gasteiger partial charge in [-0.2, -0.15) is 5.10 Å². The van der Waals surface area contributed by atoms with Gasteiger partial charge in [0.1, 0.15) is 0 Å². The van der Waals surface area contributed by atoms with E-state index in [2.05, 4.69) is 15.1 Å². The van der Waals surface area contributed by atoms with Crippen LogP contribution in [0.2, 0.25) is 0 Å². The Labute approximate surface area is 116 Å². The van der Waals surface area contributed by atoms with Gasteiger partial charge in [0, 0.05) is 12.6 Å². The molecule has 0 atom stereocenters. The zero-order chi connectivity index (χ0) is 15.1. The molecule has 106 valence electrons. The smallest absolute Gasteiger partial charge is 0.356 e. The molecule has 2 heterocycles. The highest BCUT2D eigenvalue weighted by molar-refractivity contribution is 5.88. The fourth-order valence-electron chi connectivity index (χ4n) is 2.12. The molecule has 0 radical (unpaired) electrons. The molecule has 0 aliphatic rings. The van der Waals surface area contributed by atoms with E-state index in [4.69, 9.17) is 5.11 Å². The lowest BCUT2D eigenvalue weighted by Crippen LogP contribution is -2.28. The van der Waals surface area contributed by atoms with Crippen molar-refractivity contribution in [3.8, 4) is 11.3 Å². The van der Waals surface area contributed by atoms with Gasteiger partial charge in [-0.15, -0.1) is 0 Å². The van der Waals surface area contributed by atoms with Gasteiger partial charge in [0.25, 0.3) is 0 Å². The molecular formula is C13H10N4O4. The number of carbonyl (C=O) groups is 1. The van der Waals surface area contributed by atoms with Gasteiger partial charge in [0.05, 0.1) is 16.7 Å². The Bertz CT molecular complexity index is 980. The molecule has 0 saturated heterocycles. The third-order valence-corrected chi connectivity index (χ3v) is 3.12. The van der Waals surface area contributed by atoms with Crippen molar-refractivity contribution in [1.82, 2.24) is 19.7 Å². The minimum absolute atomic E-state index is 0.0671. The third-order valence-electron chi connectivity index (χ3n) is 3.12. The summed E-state index contributed by atoms with van der Waals surface area (Å²) in [6.07, 6.45) is 0. The van der Waals surface area contributed by atoms with E-state index < -0.39 is 17.1 Å². The van der Waals surface area contributed by atoms with Crippen molar-refractivity contribution in [1.29, 1.82) is 0 Å². The zero-order valence-electron chi connectivity index (χ0n) is 10.9. The second kappa shape index (κ2) is 4.44. The van der Waals surface area contributed by atoms with E-state index in [1.807, 2.05) is 0 Å². The van der Waals surface area contributed by atoms with Crippen molar-refractivity contribution < 1.29 is 9.90 Å². The molecule has 0 spiro atoms. The fraction of sp³-hybridized carbons (Fsp3) is 0.0769. The van der Waals surface area contributed by atoms with Crippen LogP contribution in [-0.2, 0) is 7.05 Å². The summed E-state index contributed by atoms with van der Waals surface area (Å²) in [5.41, 5.74) is 0.676. The second-order valence-electron chi connectivity index (χ2n) is 4.51. The van der Waals surface area contributed by atoms with Gasteiger partial charge < -0.3 is 15.1 Å². The number of carboxylic acid groups (broad SMARTS) is 1. The number of aromatic amines is 2. The third kappa shape index (κ3) is 2.12. The summed E-state index contributed by atoms with van der Waals surface area (Å²) in [4.78, 5) is 38.4. The van der Waals surface area contributed by atoms with Crippen LogP contribution in [0.4, 0.5) is 0 Å². The quantitative estimate of drug-likeness (QED) is 0.586. The van der Waals surface area contributed by atoms with Gasteiger partial charge in [-0.1, -0.05) is 6.07 Å². The Morgan fingerprint density at radius 1 is 1.14 bits per heavy atom. The molecule has 3 rings (SSSR count). The summed E-state index contributed by atoms with van der Waals surface area (Å²) >= 11 is 0. The van der Waals surface area contributed by atoms with Crippen LogP contribution in [-0.4, -0.2) is 30.8 Å². The lowest BCUT2D eigenvalue weighted by atomic mass is 10.1. The largest absolute Gasteiger partial charge is 0.476 e. The first-order valence-corrected chi connectivity index (χ1v) is 6.00. The number of rotatable bonds is 2. The van der Waals surface area contributed by atoms with Gasteiger partial charge in [0.15, 0.2) is 5.69 Å². The number of hydrogen-bond donors (Lipinski definition) is 3. The van der Waals surface area contributed by atoms with Crippen LogP contribution in [0.15, 0.2) is 33.9 Å². The Balaban J connectivity index is 2.21. The van der Waals surface area contributed by atoms with Crippen LogP contribution in [0, 0.1) is 0 Å². The molecule has 8 heteroatoms. The minimum Gasteiger partial charge on any atom is -0.476 e. The van der Waals surface area contributed by atoms with Crippen molar-refractivity contribution in [2.45, 2.75) is 0 Å². The maximum atomic E-state index is 11.3. The van der Waals surface area contributed by atoms with Crippen LogP contribution in [0.25, 0.3) is 22.3 Å². The van der Waals surface area contributed by atoms with Crippen molar-refractivity contribution in [3.05, 3.63) is 50.7 Å². The summed E-state index contributed by atoms with van der Waals surface area (Å²) in [7, 11) is 1.63. The highest BCUT2D eigenvalue weighted by Crippen LogP contribution is 2.22. The van der Waals surface area contributed by atoms with Gasteiger partial charge in [0.2, 0.25) is 0 Å². The molecule has 8 nitrogen and oxygen atoms in total. The van der Waals surface area contributed by atoms with E-state index in [0.717, 1.165) is 0 Å². The number of aryl methyl sites for hydroxylation is 1. The highest BCUT2D eigenvalue weighted by Gasteiger charge is 2.13. The Morgan fingerprint density at radius 3 is 2.43 bits per heavy atom. The van der Waals surface area contributed by atoms with Crippen molar-refractivity contribution in [2.24, 2.45) is 7.05 Å². The van der Waals surface area contributed by atoms with Gasteiger partial charge in [-0.3, -0.25) is 14.3 Å². The molecule has 1 aromatic carbocycles. The number of H-pyrrole nitrogens is 2. The molecule has 0 aliphatic heterocycles. The standard InChI is InChI=1S/C13H10N4O4/c1-17-10(5-9(16-17)13(20)21)6-2-3-7-8(4-6)15-12(19)11(18)14-7/h2-5H,1H3,(H,14,18)(H,15,19)(H,20,21). The number of carboxylic acids is 1. The molecule has 21 heavy (non-hydrogen) atoms. The molecule has 2 aromatic heterocycles. The maximum Gasteiger partial charge on any atom is 0.356 e. The summed E-state index contributed by atoms with van der Waals surface area (Å²) in [6.45, 7) is 0. The van der Waals surface area contributed by atoms with E-state index in [9.17, 15) is 14.4 Å². The van der Waals surface area contributed by atoms with E-state index in [1.165, 1.54) is 10.7 Å². The lowest BCUT2D eigenvalue weighted by molar-refractivity contribution is 0.0689. The molecular weight excluding hydrogens is 276 g/mol. The summed E-state index contributed by atoms with van der Waals surface area (Å²) < 4.78 is 1.44. The number of nitrogens with zero attached hydrogens (tertiary/aromatic N) is 2. The Morgan fingerprint density at radius 2 is 1.81 bits per heavy atom. The van der Waals surface area contributed by atoms with E-state index >= 15 is 0 Å². The molecule has 0 saturated carbocycles. The van der Waals surface area contributed by atoms with Crippen LogP contribution in [0.1, 0.15) is 10.5 Å². The van der Waals surface area contributed by atoms with Crippen LogP contribution >= 0.6 is 0 Å². The highest BCUT2D eigenvalue weighted by atomic mass is 16.4. The molecule has 0 fully saturated rings. The van der Waals surface area contributed by atoms with Crippen LogP contribution < -0.4 is 11.1 Å². The van der Waals surface area contributed by atoms with Crippen LogP contribution in [0.3, 0.4) is 0 Å². The van der Waals surface area contributed by atoms with E-state index in [1.54, 1.807) is 25.2 Å². The van der Waals surface area contributed by atoms with E-state index in [0.29, 0.717) is 22.3 Å². The molecule has 0 aliphatic carbocycles. The van der Waals surface area contributed by atoms with Crippen molar-refractivity contribution in [3.63, 3.8) is 0 Å². The summed E-state index contributed by atoms with van der Waals surface area (Å²) in [6, 6.07) is 6.43. The number of aromatic carboxylic acids is 1. The first-order valence-electron chi connectivity index (χ1n) is 6.00. The van der Waals surface area contributed by atoms with Crippen LogP contribution in [0.5, 0.6) is 0 Å². The number of benzene rings is 1.